The predicted molar refractivity (Wildman–Crippen MR) is 73.5 cm³/mol. The number of thioether (sulfide) groups is 1. The molecule has 0 radical (unpaired) electrons. The second-order valence-electron chi connectivity index (χ2n) is 4.04. The summed E-state index contributed by atoms with van der Waals surface area (Å²) in [6.07, 6.45) is 0. The van der Waals surface area contributed by atoms with Crippen molar-refractivity contribution < 1.29 is 4.39 Å². The van der Waals surface area contributed by atoms with Crippen LogP contribution in [0.4, 0.5) is 4.39 Å². The zero-order chi connectivity index (χ0) is 12.6. The van der Waals surface area contributed by atoms with Crippen LogP contribution in [-0.2, 0) is 0 Å². The number of benzene rings is 1. The van der Waals surface area contributed by atoms with E-state index < -0.39 is 0 Å². The molecule has 1 heterocycles. The lowest BCUT2D eigenvalue weighted by Gasteiger charge is -2.16. The van der Waals surface area contributed by atoms with Gasteiger partial charge in [-0.25, -0.2) is 4.39 Å². The molecule has 0 atom stereocenters. The fraction of sp³-hybridized carbons (Fsp3) is 0.308. The number of hydrogen-bond donors (Lipinski definition) is 0. The highest BCUT2D eigenvalue weighted by Crippen LogP contribution is 2.31. The minimum absolute atomic E-state index is 0.299. The Bertz CT molecular complexity index is 534. The van der Waals surface area contributed by atoms with E-state index in [1.807, 2.05) is 20.8 Å². The van der Waals surface area contributed by atoms with E-state index in [2.05, 4.69) is 4.99 Å². The highest BCUT2D eigenvalue weighted by molar-refractivity contribution is 8.03. The molecule has 4 heteroatoms. The van der Waals surface area contributed by atoms with Gasteiger partial charge in [-0.1, -0.05) is 17.7 Å². The number of aliphatic imine (C=N–C) groups is 1. The molecule has 2 rings (SSSR count). The zero-order valence-corrected chi connectivity index (χ0v) is 11.5. The van der Waals surface area contributed by atoms with Crippen LogP contribution >= 0.6 is 23.4 Å². The molecule has 1 aromatic rings. The van der Waals surface area contributed by atoms with Crippen molar-refractivity contribution in [2.24, 2.45) is 4.99 Å². The monoisotopic (exact) mass is 269 g/mol. The third-order valence-corrected chi connectivity index (χ3v) is 4.44. The molecular formula is C13H13ClFNS. The van der Waals surface area contributed by atoms with E-state index in [4.69, 9.17) is 11.6 Å². The van der Waals surface area contributed by atoms with Crippen LogP contribution < -0.4 is 0 Å². The van der Waals surface area contributed by atoms with E-state index in [-0.39, 0.29) is 5.82 Å². The summed E-state index contributed by atoms with van der Waals surface area (Å²) in [4.78, 5) is 5.63. The van der Waals surface area contributed by atoms with Crippen LogP contribution in [0.25, 0.3) is 0 Å². The Morgan fingerprint density at radius 3 is 2.65 bits per heavy atom. The maximum Gasteiger partial charge on any atom is 0.133 e. The van der Waals surface area contributed by atoms with Crippen LogP contribution in [0.15, 0.2) is 27.7 Å². The first-order valence-electron chi connectivity index (χ1n) is 5.33. The van der Waals surface area contributed by atoms with Gasteiger partial charge in [0, 0.05) is 16.4 Å². The fourth-order valence-electron chi connectivity index (χ4n) is 1.64. The van der Waals surface area contributed by atoms with Gasteiger partial charge in [0.2, 0.25) is 0 Å². The number of halogens is 2. The SMILES string of the molecule is CC1=C(C)SCC(c2c(F)ccc(C)c2Cl)=N1. The van der Waals surface area contributed by atoms with Crippen LogP contribution in [0, 0.1) is 12.7 Å². The van der Waals surface area contributed by atoms with Crippen molar-refractivity contribution in [3.8, 4) is 0 Å². The van der Waals surface area contributed by atoms with Crippen molar-refractivity contribution in [3.63, 3.8) is 0 Å². The molecule has 1 aromatic carbocycles. The van der Waals surface area contributed by atoms with Crippen LogP contribution in [0.2, 0.25) is 5.02 Å². The van der Waals surface area contributed by atoms with Gasteiger partial charge in [0.05, 0.1) is 16.3 Å². The van der Waals surface area contributed by atoms with Crippen molar-refractivity contribution in [2.45, 2.75) is 20.8 Å². The molecule has 1 nitrogen and oxygen atoms in total. The average molecular weight is 270 g/mol. The van der Waals surface area contributed by atoms with Gasteiger partial charge in [-0.05, 0) is 32.4 Å². The maximum atomic E-state index is 13.8. The van der Waals surface area contributed by atoms with Crippen LogP contribution in [-0.4, -0.2) is 11.5 Å². The molecule has 0 aromatic heterocycles. The van der Waals surface area contributed by atoms with Crippen LogP contribution in [0.3, 0.4) is 0 Å². The molecule has 0 bridgehead atoms. The molecule has 17 heavy (non-hydrogen) atoms. The minimum atomic E-state index is -0.299. The minimum Gasteiger partial charge on any atom is -0.256 e. The first-order chi connectivity index (χ1) is 8.00. The summed E-state index contributed by atoms with van der Waals surface area (Å²) in [6, 6.07) is 3.13. The van der Waals surface area contributed by atoms with Crippen molar-refractivity contribution in [1.82, 2.24) is 0 Å². The van der Waals surface area contributed by atoms with Gasteiger partial charge in [-0.2, -0.15) is 0 Å². The first-order valence-corrected chi connectivity index (χ1v) is 6.70. The van der Waals surface area contributed by atoms with Gasteiger partial charge >= 0.3 is 0 Å². The summed E-state index contributed by atoms with van der Waals surface area (Å²) < 4.78 is 13.8. The van der Waals surface area contributed by atoms with E-state index in [1.165, 1.54) is 11.0 Å². The molecule has 1 aliphatic heterocycles. The van der Waals surface area contributed by atoms with E-state index in [0.717, 1.165) is 17.0 Å². The lowest BCUT2D eigenvalue weighted by molar-refractivity contribution is 0.625. The van der Waals surface area contributed by atoms with Crippen molar-refractivity contribution >= 4 is 29.1 Å². The second-order valence-corrected chi connectivity index (χ2v) is 5.61. The number of nitrogens with zero attached hydrogens (tertiary/aromatic N) is 1. The van der Waals surface area contributed by atoms with E-state index in [1.54, 1.807) is 17.8 Å². The zero-order valence-electron chi connectivity index (χ0n) is 9.97. The number of rotatable bonds is 1. The molecule has 0 amide bonds. The quantitative estimate of drug-likeness (QED) is 0.727. The fourth-order valence-corrected chi connectivity index (χ4v) is 2.72. The average Bonchev–Trinajstić information content (AvgIpc) is 2.29. The van der Waals surface area contributed by atoms with Gasteiger partial charge < -0.3 is 0 Å². The van der Waals surface area contributed by atoms with Gasteiger partial charge in [0.15, 0.2) is 0 Å². The van der Waals surface area contributed by atoms with Gasteiger partial charge in [0.1, 0.15) is 5.82 Å². The summed E-state index contributed by atoms with van der Waals surface area (Å²) in [5.74, 6) is 0.371. The highest BCUT2D eigenvalue weighted by atomic mass is 35.5. The molecule has 1 aliphatic rings. The van der Waals surface area contributed by atoms with Crippen molar-refractivity contribution in [1.29, 1.82) is 0 Å². The Hall–Kier alpha value is -0.800. The Kier molecular flexibility index (Phi) is 3.59. The Balaban J connectivity index is 2.56. The molecule has 0 fully saturated rings. The van der Waals surface area contributed by atoms with Crippen molar-refractivity contribution in [2.75, 3.05) is 5.75 Å². The molecule has 90 valence electrons. The number of aryl methyl sites for hydroxylation is 1. The van der Waals surface area contributed by atoms with Gasteiger partial charge in [0.25, 0.3) is 0 Å². The molecule has 0 N–H and O–H groups in total. The molecule has 0 saturated carbocycles. The van der Waals surface area contributed by atoms with Crippen molar-refractivity contribution in [3.05, 3.63) is 44.7 Å². The van der Waals surface area contributed by atoms with E-state index in [9.17, 15) is 4.39 Å². The number of hydrogen-bond acceptors (Lipinski definition) is 2. The molecule has 0 spiro atoms. The first kappa shape index (κ1) is 12.7. The third-order valence-electron chi connectivity index (χ3n) is 2.81. The molecule has 0 aliphatic carbocycles. The van der Waals surface area contributed by atoms with Gasteiger partial charge in [-0.15, -0.1) is 11.8 Å². The van der Waals surface area contributed by atoms with E-state index in [0.29, 0.717) is 16.3 Å². The normalized spacial score (nSPS) is 16.2. The highest BCUT2D eigenvalue weighted by Gasteiger charge is 2.19. The largest absolute Gasteiger partial charge is 0.256 e. The lowest BCUT2D eigenvalue weighted by atomic mass is 10.1. The smallest absolute Gasteiger partial charge is 0.133 e. The Labute approximate surface area is 110 Å². The predicted octanol–water partition coefficient (Wildman–Crippen LogP) is 4.57. The molecule has 0 saturated heterocycles. The van der Waals surface area contributed by atoms with E-state index >= 15 is 0 Å². The Morgan fingerprint density at radius 1 is 1.29 bits per heavy atom. The van der Waals surface area contributed by atoms with Gasteiger partial charge in [-0.3, -0.25) is 4.99 Å². The standard InChI is InChI=1S/C13H13ClFNS/c1-7-4-5-10(15)12(13(7)14)11-6-17-9(3)8(2)16-11/h4-5H,6H2,1-3H3. The molecule has 0 unspecified atom stereocenters. The summed E-state index contributed by atoms with van der Waals surface area (Å²) in [7, 11) is 0. The van der Waals surface area contributed by atoms with Crippen LogP contribution in [0.5, 0.6) is 0 Å². The summed E-state index contributed by atoms with van der Waals surface area (Å²) in [6.45, 7) is 5.83. The Morgan fingerprint density at radius 2 is 2.00 bits per heavy atom. The topological polar surface area (TPSA) is 12.4 Å². The summed E-state index contributed by atoms with van der Waals surface area (Å²) >= 11 is 7.85. The molecular weight excluding hydrogens is 257 g/mol. The third kappa shape index (κ3) is 2.40. The lowest BCUT2D eigenvalue weighted by Crippen LogP contribution is -2.12. The summed E-state index contributed by atoms with van der Waals surface area (Å²) in [5, 5.41) is 0.469. The maximum absolute atomic E-state index is 13.8. The summed E-state index contributed by atoms with van der Waals surface area (Å²) in [5.41, 5.74) is 2.99. The number of allylic oxidation sites excluding steroid dienone is 2. The second kappa shape index (κ2) is 4.83. The van der Waals surface area contributed by atoms with Crippen LogP contribution in [0.1, 0.15) is 25.0 Å².